The van der Waals surface area contributed by atoms with Gasteiger partial charge in [0, 0.05) is 48.8 Å². The van der Waals surface area contributed by atoms with Crippen LogP contribution in [0.1, 0.15) is 65.6 Å². The second-order valence-corrected chi connectivity index (χ2v) is 11.9. The minimum atomic E-state index is 0.0804. The van der Waals surface area contributed by atoms with Gasteiger partial charge in [0.2, 0.25) is 5.91 Å². The van der Waals surface area contributed by atoms with Crippen molar-refractivity contribution < 1.29 is 19.1 Å². The number of aldehydes is 1. The van der Waals surface area contributed by atoms with Crippen LogP contribution in [0.5, 0.6) is 11.5 Å². The Morgan fingerprint density at radius 2 is 1.71 bits per heavy atom. The molecule has 4 aromatic carbocycles. The molecule has 0 aliphatic carbocycles. The molecule has 4 rings (SSSR count). The molecule has 250 valence electrons. The van der Waals surface area contributed by atoms with Crippen molar-refractivity contribution in [3.05, 3.63) is 138 Å². The van der Waals surface area contributed by atoms with E-state index in [1.165, 1.54) is 11.1 Å². The van der Waals surface area contributed by atoms with Gasteiger partial charge in [-0.3, -0.25) is 9.59 Å². The van der Waals surface area contributed by atoms with Crippen LogP contribution in [0, 0.1) is 6.92 Å². The van der Waals surface area contributed by atoms with Gasteiger partial charge in [-0.1, -0.05) is 104 Å². The number of hydrogen-bond acceptors (Lipinski definition) is 5. The van der Waals surface area contributed by atoms with Crippen LogP contribution in [-0.4, -0.2) is 32.4 Å². The van der Waals surface area contributed by atoms with Crippen molar-refractivity contribution in [2.45, 2.75) is 58.5 Å². The summed E-state index contributed by atoms with van der Waals surface area (Å²) in [4.78, 5) is 23.6. The van der Waals surface area contributed by atoms with Crippen molar-refractivity contribution in [3.63, 3.8) is 0 Å². The number of hydrogen-bond donors (Lipinski definition) is 2. The third-order valence-electron chi connectivity index (χ3n) is 8.18. The molecule has 4 aromatic rings. The molecule has 0 saturated carbocycles. The summed E-state index contributed by atoms with van der Waals surface area (Å²) in [5, 5.41) is 8.67. The molecule has 0 aliphatic heterocycles. The summed E-state index contributed by atoms with van der Waals surface area (Å²) in [7, 11) is 1.63. The summed E-state index contributed by atoms with van der Waals surface area (Å²) < 4.78 is 11.4. The number of amides is 1. The van der Waals surface area contributed by atoms with Gasteiger partial charge in [-0.15, -0.1) is 0 Å². The highest BCUT2D eigenvalue weighted by molar-refractivity contribution is 5.89. The van der Waals surface area contributed by atoms with E-state index in [4.69, 9.17) is 9.47 Å². The predicted octanol–water partition coefficient (Wildman–Crippen LogP) is 9.68. The number of carbonyl (C=O) groups excluding carboxylic acids is 2. The van der Waals surface area contributed by atoms with Gasteiger partial charge in [-0.2, -0.15) is 0 Å². The molecule has 0 aromatic heterocycles. The number of ether oxygens (including phenoxy) is 2. The van der Waals surface area contributed by atoms with Crippen LogP contribution in [0.15, 0.2) is 115 Å². The van der Waals surface area contributed by atoms with Crippen LogP contribution in [0.2, 0.25) is 0 Å². The van der Waals surface area contributed by atoms with Crippen molar-refractivity contribution in [1.29, 1.82) is 0 Å². The number of aryl methyl sites for hydroxylation is 1. The van der Waals surface area contributed by atoms with Crippen LogP contribution < -0.4 is 15.4 Å². The van der Waals surface area contributed by atoms with Crippen LogP contribution >= 0.6 is 0 Å². The lowest BCUT2D eigenvalue weighted by molar-refractivity contribution is -0.121. The van der Waals surface area contributed by atoms with E-state index in [1.54, 1.807) is 13.2 Å². The molecule has 0 bridgehead atoms. The van der Waals surface area contributed by atoms with E-state index in [-0.39, 0.29) is 5.91 Å². The lowest BCUT2D eigenvalue weighted by Gasteiger charge is -2.13. The maximum atomic E-state index is 12.3. The number of nitrogens with one attached hydrogen (secondary N) is 2. The predicted molar refractivity (Wildman–Crippen MR) is 198 cm³/mol. The van der Waals surface area contributed by atoms with E-state index in [0.29, 0.717) is 31.6 Å². The molecule has 0 unspecified atom stereocenters. The van der Waals surface area contributed by atoms with E-state index < -0.39 is 0 Å². The molecular weight excluding hydrogens is 596 g/mol. The van der Waals surface area contributed by atoms with Gasteiger partial charge in [0.1, 0.15) is 17.8 Å². The van der Waals surface area contributed by atoms with E-state index >= 15 is 0 Å². The fourth-order valence-electron chi connectivity index (χ4n) is 5.50. The van der Waals surface area contributed by atoms with Crippen LogP contribution in [-0.2, 0) is 22.6 Å². The normalized spacial score (nSPS) is 11.5. The molecular formula is C42H48N2O4. The third-order valence-corrected chi connectivity index (χ3v) is 8.18. The van der Waals surface area contributed by atoms with Crippen molar-refractivity contribution in [3.8, 4) is 11.5 Å². The Bertz CT molecular complexity index is 1710. The largest absolute Gasteiger partial charge is 0.457 e. The Morgan fingerprint density at radius 1 is 0.917 bits per heavy atom. The molecule has 0 aliphatic rings. The standard InChI is InChI=1S/C42H48N2O4/c1-4-33(28-34-22-25-38-35(29-34)15-13-18-41(38)48-37-23-20-32(2)21-24-37)14-8-7-9-19-42(46)44-27-11-6-5-10-26-43-40-17-12-16-36(30-45)39(40)31-47-3/h4,7-8,12-18,20-25,29-30,43H,1,5-6,9-11,19,26-28,31H2,2-3H3,(H,44,46)/b8-7-,33-14+. The number of carbonyl (C=O) groups is 2. The zero-order chi connectivity index (χ0) is 34.0. The van der Waals surface area contributed by atoms with Crippen LogP contribution in [0.25, 0.3) is 10.8 Å². The lowest BCUT2D eigenvalue weighted by atomic mass is 10.0. The van der Waals surface area contributed by atoms with Gasteiger partial charge in [-0.05, 0) is 73.4 Å². The molecule has 0 spiro atoms. The highest BCUT2D eigenvalue weighted by atomic mass is 16.5. The fourth-order valence-corrected chi connectivity index (χ4v) is 5.50. The van der Waals surface area contributed by atoms with E-state index in [1.807, 2.05) is 54.6 Å². The molecule has 0 atom stereocenters. The van der Waals surface area contributed by atoms with Crippen LogP contribution in [0.4, 0.5) is 5.69 Å². The number of allylic oxidation sites excluding steroid dienone is 5. The molecule has 48 heavy (non-hydrogen) atoms. The van der Waals surface area contributed by atoms with E-state index in [0.717, 1.165) is 84.0 Å². The number of benzene rings is 4. The zero-order valence-corrected chi connectivity index (χ0v) is 28.3. The molecule has 0 radical (unpaired) electrons. The van der Waals surface area contributed by atoms with Gasteiger partial charge in [0.05, 0.1) is 6.61 Å². The van der Waals surface area contributed by atoms with Gasteiger partial charge in [0.15, 0.2) is 0 Å². The summed E-state index contributed by atoms with van der Waals surface area (Å²) >= 11 is 0. The van der Waals surface area contributed by atoms with Gasteiger partial charge in [0.25, 0.3) is 0 Å². The van der Waals surface area contributed by atoms with Crippen molar-refractivity contribution in [1.82, 2.24) is 5.32 Å². The molecule has 0 saturated heterocycles. The van der Waals surface area contributed by atoms with Crippen molar-refractivity contribution in [2.75, 3.05) is 25.5 Å². The summed E-state index contributed by atoms with van der Waals surface area (Å²) in [6.45, 7) is 7.99. The Morgan fingerprint density at radius 3 is 2.48 bits per heavy atom. The minimum Gasteiger partial charge on any atom is -0.457 e. The van der Waals surface area contributed by atoms with Gasteiger partial charge in [-0.25, -0.2) is 0 Å². The Labute approximate surface area is 285 Å². The molecule has 0 heterocycles. The highest BCUT2D eigenvalue weighted by Gasteiger charge is 2.08. The second-order valence-electron chi connectivity index (χ2n) is 11.9. The van der Waals surface area contributed by atoms with Gasteiger partial charge < -0.3 is 20.1 Å². The van der Waals surface area contributed by atoms with E-state index in [9.17, 15) is 9.59 Å². The number of anilines is 1. The number of rotatable bonds is 20. The minimum absolute atomic E-state index is 0.0804. The maximum Gasteiger partial charge on any atom is 0.220 e. The van der Waals surface area contributed by atoms with Crippen LogP contribution in [0.3, 0.4) is 0 Å². The quantitative estimate of drug-likeness (QED) is 0.0569. The third kappa shape index (κ3) is 11.4. The highest BCUT2D eigenvalue weighted by Crippen LogP contribution is 2.31. The average molecular weight is 645 g/mol. The summed E-state index contributed by atoms with van der Waals surface area (Å²) in [5.41, 5.74) is 6.01. The molecule has 2 N–H and O–H groups in total. The second kappa shape index (κ2) is 19.7. The van der Waals surface area contributed by atoms with E-state index in [2.05, 4.69) is 66.6 Å². The number of unbranched alkanes of at least 4 members (excludes halogenated alkanes) is 3. The summed E-state index contributed by atoms with van der Waals surface area (Å²) in [6, 6.07) is 26.4. The molecule has 6 heteroatoms. The van der Waals surface area contributed by atoms with Gasteiger partial charge >= 0.3 is 0 Å². The first-order valence-corrected chi connectivity index (χ1v) is 16.8. The Kier molecular flexibility index (Phi) is 14.7. The monoisotopic (exact) mass is 644 g/mol. The Hall–Kier alpha value is -4.94. The fraction of sp³-hybridized carbons (Fsp3) is 0.286. The molecule has 0 fully saturated rings. The summed E-state index contributed by atoms with van der Waals surface area (Å²) in [5.74, 6) is 1.75. The zero-order valence-electron chi connectivity index (χ0n) is 28.3. The first-order chi connectivity index (χ1) is 23.5. The molecule has 1 amide bonds. The maximum absolute atomic E-state index is 12.3. The first-order valence-electron chi connectivity index (χ1n) is 16.8. The Balaban J connectivity index is 1.12. The van der Waals surface area contributed by atoms with Crippen molar-refractivity contribution in [2.24, 2.45) is 0 Å². The topological polar surface area (TPSA) is 76.7 Å². The average Bonchev–Trinajstić information content (AvgIpc) is 3.10. The first kappa shape index (κ1) is 35.9. The lowest BCUT2D eigenvalue weighted by Crippen LogP contribution is -2.23. The number of fused-ring (bicyclic) bond motifs is 1. The summed E-state index contributed by atoms with van der Waals surface area (Å²) in [6.07, 6.45) is 14.9. The SMILES string of the molecule is C=C/C(=C\C=C/CCC(=O)NCCCCCCNc1cccc(C=O)c1COC)Cc1ccc2c(Oc3ccc(C)cc3)cccc2c1. The van der Waals surface area contributed by atoms with Crippen molar-refractivity contribution >= 4 is 28.7 Å². The molecule has 6 nitrogen and oxygen atoms in total. The number of methoxy groups -OCH3 is 1. The smallest absolute Gasteiger partial charge is 0.220 e.